The molecule has 1 aliphatic rings. The Morgan fingerprint density at radius 3 is 3.16 bits per heavy atom. The molecule has 5 nitrogen and oxygen atoms in total. The van der Waals surface area contributed by atoms with Gasteiger partial charge in [-0.25, -0.2) is 4.98 Å². The summed E-state index contributed by atoms with van der Waals surface area (Å²) in [5.74, 6) is 0.682. The highest BCUT2D eigenvalue weighted by atomic mass is 16.1. The number of fused-ring (bicyclic) bond motifs is 1. The lowest BCUT2D eigenvalue weighted by molar-refractivity contribution is -0.122. The fraction of sp³-hybridized carbons (Fsp3) is 0.286. The van der Waals surface area contributed by atoms with Crippen molar-refractivity contribution in [3.63, 3.8) is 0 Å². The number of hydrogen-bond acceptors (Lipinski definition) is 3. The zero-order valence-corrected chi connectivity index (χ0v) is 10.5. The summed E-state index contributed by atoms with van der Waals surface area (Å²) < 4.78 is 0. The quantitative estimate of drug-likeness (QED) is 0.764. The summed E-state index contributed by atoms with van der Waals surface area (Å²) in [5, 5.41) is 6.20. The second kappa shape index (κ2) is 5.24. The second-order valence-corrected chi connectivity index (χ2v) is 4.64. The summed E-state index contributed by atoms with van der Waals surface area (Å²) in [6.07, 6.45) is 3.43. The van der Waals surface area contributed by atoms with Gasteiger partial charge in [-0.15, -0.1) is 0 Å². The van der Waals surface area contributed by atoms with Gasteiger partial charge in [0.25, 0.3) is 0 Å². The van der Waals surface area contributed by atoms with Gasteiger partial charge in [-0.1, -0.05) is 24.3 Å². The number of amides is 1. The van der Waals surface area contributed by atoms with Crippen molar-refractivity contribution >= 4 is 5.91 Å². The third kappa shape index (κ3) is 2.51. The Morgan fingerprint density at radius 1 is 1.42 bits per heavy atom. The first-order valence-electron chi connectivity index (χ1n) is 6.39. The predicted octanol–water partition coefficient (Wildman–Crippen LogP) is 0.913. The number of hydrogen-bond donors (Lipinski definition) is 3. The zero-order chi connectivity index (χ0) is 13.1. The highest BCUT2D eigenvalue weighted by Crippen LogP contribution is 2.23. The maximum absolute atomic E-state index is 12.3. The average molecular weight is 256 g/mol. The summed E-state index contributed by atoms with van der Waals surface area (Å²) in [5.41, 5.74) is 2.32. The third-order valence-electron chi connectivity index (χ3n) is 3.40. The fourth-order valence-electron chi connectivity index (χ4n) is 2.42. The van der Waals surface area contributed by atoms with Crippen molar-refractivity contribution in [3.8, 4) is 0 Å². The van der Waals surface area contributed by atoms with Gasteiger partial charge in [0.05, 0.1) is 12.5 Å². The van der Waals surface area contributed by atoms with E-state index in [1.54, 1.807) is 12.4 Å². The molecule has 0 fully saturated rings. The van der Waals surface area contributed by atoms with Gasteiger partial charge in [0, 0.05) is 25.5 Å². The van der Waals surface area contributed by atoms with Gasteiger partial charge in [0.1, 0.15) is 5.82 Å². The Labute approximate surface area is 111 Å². The van der Waals surface area contributed by atoms with Gasteiger partial charge in [0.15, 0.2) is 0 Å². The Balaban J connectivity index is 1.71. The number of nitrogens with one attached hydrogen (secondary N) is 3. The zero-order valence-electron chi connectivity index (χ0n) is 10.5. The van der Waals surface area contributed by atoms with Crippen LogP contribution in [0, 0.1) is 0 Å². The van der Waals surface area contributed by atoms with E-state index in [1.807, 2.05) is 18.2 Å². The minimum absolute atomic E-state index is 0.0380. The van der Waals surface area contributed by atoms with Crippen molar-refractivity contribution in [2.45, 2.75) is 19.0 Å². The number of H-pyrrole nitrogens is 1. The van der Waals surface area contributed by atoms with Gasteiger partial charge >= 0.3 is 0 Å². The Morgan fingerprint density at radius 2 is 2.32 bits per heavy atom. The molecule has 19 heavy (non-hydrogen) atoms. The van der Waals surface area contributed by atoms with Crippen molar-refractivity contribution < 1.29 is 4.79 Å². The molecule has 2 heterocycles. The van der Waals surface area contributed by atoms with E-state index in [1.165, 1.54) is 5.56 Å². The first-order chi connectivity index (χ1) is 9.34. The van der Waals surface area contributed by atoms with Gasteiger partial charge in [-0.2, -0.15) is 0 Å². The fourth-order valence-corrected chi connectivity index (χ4v) is 2.42. The maximum Gasteiger partial charge on any atom is 0.229 e. The smallest absolute Gasteiger partial charge is 0.229 e. The lowest BCUT2D eigenvalue weighted by atomic mass is 9.90. The van der Waals surface area contributed by atoms with E-state index in [9.17, 15) is 4.79 Å². The van der Waals surface area contributed by atoms with Crippen LogP contribution in [0.25, 0.3) is 0 Å². The largest absolute Gasteiger partial charge is 0.348 e. The van der Waals surface area contributed by atoms with Crippen LogP contribution < -0.4 is 10.6 Å². The minimum atomic E-state index is -0.125. The maximum atomic E-state index is 12.3. The summed E-state index contributed by atoms with van der Waals surface area (Å²) in [6.45, 7) is 1.95. The normalized spacial score (nSPS) is 17.8. The highest BCUT2D eigenvalue weighted by molar-refractivity contribution is 5.84. The minimum Gasteiger partial charge on any atom is -0.348 e. The highest BCUT2D eigenvalue weighted by Gasteiger charge is 2.25. The molecule has 1 unspecified atom stereocenters. The lowest BCUT2D eigenvalue weighted by Crippen LogP contribution is -2.38. The van der Waals surface area contributed by atoms with Crippen LogP contribution in [0.4, 0.5) is 0 Å². The molecule has 98 valence electrons. The third-order valence-corrected chi connectivity index (χ3v) is 3.40. The molecule has 1 aromatic carbocycles. The van der Waals surface area contributed by atoms with E-state index < -0.39 is 0 Å². The number of aromatic nitrogens is 2. The van der Waals surface area contributed by atoms with Gasteiger partial charge in [-0.05, 0) is 11.1 Å². The van der Waals surface area contributed by atoms with Crippen LogP contribution in [0.5, 0.6) is 0 Å². The predicted molar refractivity (Wildman–Crippen MR) is 71.3 cm³/mol. The molecule has 1 aliphatic heterocycles. The van der Waals surface area contributed by atoms with E-state index >= 15 is 0 Å². The standard InChI is InChI=1S/C14H16N4O/c19-14(18-9-13-16-5-6-17-13)12-8-15-7-10-3-1-2-4-11(10)12/h1-6,12,15H,7-9H2,(H,16,17)(H,18,19). The van der Waals surface area contributed by atoms with Gasteiger partial charge in [0.2, 0.25) is 5.91 Å². The summed E-state index contributed by atoms with van der Waals surface area (Å²) in [7, 11) is 0. The second-order valence-electron chi connectivity index (χ2n) is 4.64. The molecule has 0 aliphatic carbocycles. The number of rotatable bonds is 3. The Hall–Kier alpha value is -2.14. The molecule has 5 heteroatoms. The molecule has 0 spiro atoms. The van der Waals surface area contributed by atoms with Crippen molar-refractivity contribution in [1.82, 2.24) is 20.6 Å². The molecule has 3 N–H and O–H groups in total. The summed E-state index contributed by atoms with van der Waals surface area (Å²) in [4.78, 5) is 19.3. The van der Waals surface area contributed by atoms with E-state index in [4.69, 9.17) is 0 Å². The molecule has 0 saturated carbocycles. The van der Waals surface area contributed by atoms with Crippen LogP contribution in [0.1, 0.15) is 22.9 Å². The van der Waals surface area contributed by atoms with E-state index in [0.717, 1.165) is 17.9 Å². The molecule has 0 saturated heterocycles. The number of carbonyl (C=O) groups excluding carboxylic acids is 1. The topological polar surface area (TPSA) is 69.8 Å². The number of imidazole rings is 1. The number of nitrogens with zero attached hydrogens (tertiary/aromatic N) is 1. The lowest BCUT2D eigenvalue weighted by Gasteiger charge is -2.25. The van der Waals surface area contributed by atoms with Gasteiger partial charge < -0.3 is 15.6 Å². The number of benzene rings is 1. The summed E-state index contributed by atoms with van der Waals surface area (Å²) >= 11 is 0. The van der Waals surface area contributed by atoms with Crippen molar-refractivity contribution in [3.05, 3.63) is 53.6 Å². The molecule has 1 aromatic heterocycles. The molecule has 1 atom stereocenters. The summed E-state index contributed by atoms with van der Waals surface area (Å²) in [6, 6.07) is 8.09. The first-order valence-corrected chi connectivity index (χ1v) is 6.39. The SMILES string of the molecule is O=C(NCc1ncc[nH]1)C1CNCc2ccccc21. The van der Waals surface area contributed by atoms with Gasteiger partial charge in [-0.3, -0.25) is 4.79 Å². The van der Waals surface area contributed by atoms with Crippen LogP contribution in [0.3, 0.4) is 0 Å². The molecular weight excluding hydrogens is 240 g/mol. The Bertz CT molecular complexity index is 565. The number of carbonyl (C=O) groups is 1. The molecule has 2 aromatic rings. The van der Waals surface area contributed by atoms with E-state index in [-0.39, 0.29) is 11.8 Å². The van der Waals surface area contributed by atoms with Crippen LogP contribution in [0.15, 0.2) is 36.7 Å². The van der Waals surface area contributed by atoms with Crippen molar-refractivity contribution in [2.75, 3.05) is 6.54 Å². The molecule has 0 bridgehead atoms. The monoisotopic (exact) mass is 256 g/mol. The van der Waals surface area contributed by atoms with E-state index in [0.29, 0.717) is 13.1 Å². The van der Waals surface area contributed by atoms with Crippen LogP contribution in [0.2, 0.25) is 0 Å². The average Bonchev–Trinajstić information content (AvgIpc) is 2.97. The molecule has 3 rings (SSSR count). The van der Waals surface area contributed by atoms with Crippen molar-refractivity contribution in [1.29, 1.82) is 0 Å². The molecule has 1 amide bonds. The van der Waals surface area contributed by atoms with Crippen molar-refractivity contribution in [2.24, 2.45) is 0 Å². The molecular formula is C14H16N4O. The first kappa shape index (κ1) is 11.9. The van der Waals surface area contributed by atoms with Crippen LogP contribution in [-0.4, -0.2) is 22.4 Å². The van der Waals surface area contributed by atoms with Crippen LogP contribution >= 0.6 is 0 Å². The Kier molecular flexibility index (Phi) is 3.29. The van der Waals surface area contributed by atoms with E-state index in [2.05, 4.69) is 26.7 Å². The van der Waals surface area contributed by atoms with Crippen LogP contribution in [-0.2, 0) is 17.9 Å². The number of aromatic amines is 1. The molecule has 0 radical (unpaired) electrons.